The minimum Gasteiger partial charge on any atom is -0.480 e. The minimum atomic E-state index is -1.10. The van der Waals surface area contributed by atoms with Crippen LogP contribution in [0.1, 0.15) is 19.4 Å². The Bertz CT molecular complexity index is 1080. The van der Waals surface area contributed by atoms with Crippen LogP contribution < -0.4 is 5.56 Å². The molecule has 27 heavy (non-hydrogen) atoms. The van der Waals surface area contributed by atoms with E-state index in [-0.39, 0.29) is 12.1 Å². The molecule has 1 aromatic carbocycles. The topological polar surface area (TPSA) is 72.2 Å². The largest absolute Gasteiger partial charge is 0.480 e. The van der Waals surface area contributed by atoms with Crippen LogP contribution in [0, 0.1) is 6.92 Å². The predicted octanol–water partition coefficient (Wildman–Crippen LogP) is 4.57. The molecule has 0 unspecified atom stereocenters. The molecule has 3 aromatic rings. The van der Waals surface area contributed by atoms with E-state index in [2.05, 4.69) is 11.6 Å². The maximum Gasteiger partial charge on any atom is 0.319 e. The summed E-state index contributed by atoms with van der Waals surface area (Å²) in [6.07, 6.45) is 1.62. The zero-order chi connectivity index (χ0) is 19.8. The van der Waals surface area contributed by atoms with Crippen molar-refractivity contribution < 1.29 is 9.90 Å². The van der Waals surface area contributed by atoms with Gasteiger partial charge in [-0.1, -0.05) is 47.7 Å². The van der Waals surface area contributed by atoms with Crippen molar-refractivity contribution in [3.05, 3.63) is 58.2 Å². The molecule has 3 rings (SSSR count). The van der Waals surface area contributed by atoms with Crippen LogP contribution in [-0.2, 0) is 11.3 Å². The molecule has 140 valence electrons. The van der Waals surface area contributed by atoms with Gasteiger partial charge in [-0.25, -0.2) is 4.98 Å². The second kappa shape index (κ2) is 7.32. The van der Waals surface area contributed by atoms with Crippen molar-refractivity contribution in [1.29, 1.82) is 0 Å². The average molecular weight is 401 g/mol. The molecule has 0 aliphatic heterocycles. The Kier molecular flexibility index (Phi) is 5.26. The highest BCUT2D eigenvalue weighted by Crippen LogP contribution is 2.35. The van der Waals surface area contributed by atoms with Gasteiger partial charge in [0.05, 0.1) is 5.39 Å². The van der Waals surface area contributed by atoms with Crippen LogP contribution in [-0.4, -0.2) is 25.4 Å². The number of thiophene rings is 1. The maximum absolute atomic E-state index is 13.2. The van der Waals surface area contributed by atoms with Gasteiger partial charge in [-0.05, 0) is 26.3 Å². The fraction of sp³-hybridized carbons (Fsp3) is 0.250. The quantitative estimate of drug-likeness (QED) is 0.373. The minimum absolute atomic E-state index is 0.180. The summed E-state index contributed by atoms with van der Waals surface area (Å²) in [4.78, 5) is 30.0. The summed E-state index contributed by atoms with van der Waals surface area (Å²) < 4.78 is 0.391. The number of aryl methyl sites for hydroxylation is 1. The number of benzene rings is 1. The number of hydrogen-bond acceptors (Lipinski definition) is 5. The molecule has 0 fully saturated rings. The third-order valence-electron chi connectivity index (χ3n) is 4.19. The average Bonchev–Trinajstić information content (AvgIpc) is 3.02. The summed E-state index contributed by atoms with van der Waals surface area (Å²) in [5.41, 5.74) is 2.78. The van der Waals surface area contributed by atoms with Crippen molar-refractivity contribution in [2.24, 2.45) is 0 Å². The van der Waals surface area contributed by atoms with Gasteiger partial charge in [0.15, 0.2) is 5.16 Å². The monoisotopic (exact) mass is 400 g/mol. The number of carboxylic acid groups (broad SMARTS) is 1. The summed E-state index contributed by atoms with van der Waals surface area (Å²) in [7, 11) is 0. The molecule has 7 heteroatoms. The maximum atomic E-state index is 13.2. The number of aliphatic carboxylic acids is 1. The number of thioether (sulfide) groups is 1. The molecular formula is C20H20N2O3S2. The highest BCUT2D eigenvalue weighted by atomic mass is 32.2. The van der Waals surface area contributed by atoms with E-state index in [0.717, 1.165) is 28.5 Å². The second-order valence-corrected chi connectivity index (χ2v) is 9.16. The van der Waals surface area contributed by atoms with Crippen LogP contribution >= 0.6 is 23.1 Å². The van der Waals surface area contributed by atoms with Crippen molar-refractivity contribution in [3.8, 4) is 11.1 Å². The van der Waals surface area contributed by atoms with Crippen molar-refractivity contribution in [3.63, 3.8) is 0 Å². The Hall–Kier alpha value is -2.38. The highest BCUT2D eigenvalue weighted by molar-refractivity contribution is 8.01. The molecular weight excluding hydrogens is 380 g/mol. The molecule has 1 N–H and O–H groups in total. The zero-order valence-corrected chi connectivity index (χ0v) is 17.0. The van der Waals surface area contributed by atoms with Crippen molar-refractivity contribution in [1.82, 2.24) is 9.55 Å². The van der Waals surface area contributed by atoms with Gasteiger partial charge < -0.3 is 5.11 Å². The lowest BCUT2D eigenvalue weighted by molar-refractivity contribution is -0.138. The zero-order valence-electron chi connectivity index (χ0n) is 15.4. The van der Waals surface area contributed by atoms with Gasteiger partial charge in [-0.15, -0.1) is 17.9 Å². The van der Waals surface area contributed by atoms with Gasteiger partial charge in [0.2, 0.25) is 0 Å². The number of allylic oxidation sites excluding steroid dienone is 1. The lowest BCUT2D eigenvalue weighted by Crippen LogP contribution is -2.30. The van der Waals surface area contributed by atoms with E-state index in [1.54, 1.807) is 19.9 Å². The van der Waals surface area contributed by atoms with Crippen LogP contribution in [0.2, 0.25) is 0 Å². The van der Waals surface area contributed by atoms with Gasteiger partial charge >= 0.3 is 5.97 Å². The molecule has 2 heterocycles. The number of hydrogen-bond donors (Lipinski definition) is 1. The first-order valence-corrected chi connectivity index (χ1v) is 10.1. The van der Waals surface area contributed by atoms with Crippen LogP contribution in [0.4, 0.5) is 0 Å². The van der Waals surface area contributed by atoms with Gasteiger partial charge in [0.25, 0.3) is 5.56 Å². The van der Waals surface area contributed by atoms with Crippen LogP contribution in [0.5, 0.6) is 0 Å². The molecule has 0 aliphatic carbocycles. The fourth-order valence-electron chi connectivity index (χ4n) is 2.59. The van der Waals surface area contributed by atoms with E-state index in [0.29, 0.717) is 15.4 Å². The molecule has 0 saturated carbocycles. The fourth-order valence-corrected chi connectivity index (χ4v) is 4.53. The normalized spacial score (nSPS) is 11.7. The summed E-state index contributed by atoms with van der Waals surface area (Å²) in [5.74, 6) is -0.960. The number of fused-ring (bicyclic) bond motifs is 1. The Labute approximate surface area is 165 Å². The summed E-state index contributed by atoms with van der Waals surface area (Å²) in [6.45, 7) is 9.20. The molecule has 0 aliphatic rings. The Morgan fingerprint density at radius 2 is 2.04 bits per heavy atom. The number of aromatic nitrogens is 2. The van der Waals surface area contributed by atoms with E-state index in [9.17, 15) is 14.7 Å². The molecule has 0 saturated heterocycles. The summed E-state index contributed by atoms with van der Waals surface area (Å²) in [5, 5.41) is 12.3. The van der Waals surface area contributed by atoms with Gasteiger partial charge in [0, 0.05) is 17.5 Å². The first-order valence-electron chi connectivity index (χ1n) is 8.37. The second-order valence-electron chi connectivity index (χ2n) is 6.71. The molecule has 0 bridgehead atoms. The van der Waals surface area contributed by atoms with E-state index in [4.69, 9.17) is 0 Å². The summed E-state index contributed by atoms with van der Waals surface area (Å²) >= 11 is 2.46. The Balaban J connectivity index is 2.22. The number of rotatable bonds is 6. The lowest BCUT2D eigenvalue weighted by atomic mass is 10.1. The number of nitrogens with zero attached hydrogens (tertiary/aromatic N) is 2. The van der Waals surface area contributed by atoms with E-state index < -0.39 is 10.7 Å². The summed E-state index contributed by atoms with van der Waals surface area (Å²) in [6, 6.07) is 8.00. The molecule has 0 spiro atoms. The molecule has 0 amide bonds. The standard InChI is InChI=1S/C20H20N2O3S2/c1-5-10-22-17(23)15-14(13-8-6-12(2)7-9-13)11-26-16(15)21-19(22)27-20(3,4)18(24)25/h5-9,11H,1,10H2,2-4H3,(H,24,25). The Morgan fingerprint density at radius 1 is 1.37 bits per heavy atom. The SMILES string of the molecule is C=CCn1c(SC(C)(C)C(=O)O)nc2scc(-c3ccc(C)cc3)c2c1=O. The number of carboxylic acids is 1. The van der Waals surface area contributed by atoms with Crippen molar-refractivity contribution in [2.45, 2.75) is 37.2 Å². The van der Waals surface area contributed by atoms with Crippen LogP contribution in [0.15, 0.2) is 52.3 Å². The first kappa shape index (κ1) is 19.4. The van der Waals surface area contributed by atoms with Gasteiger partial charge in [-0.3, -0.25) is 14.2 Å². The smallest absolute Gasteiger partial charge is 0.319 e. The molecule has 2 aromatic heterocycles. The van der Waals surface area contributed by atoms with Crippen molar-refractivity contribution in [2.75, 3.05) is 0 Å². The first-order chi connectivity index (χ1) is 12.7. The lowest BCUT2D eigenvalue weighted by Gasteiger charge is -2.20. The Morgan fingerprint density at radius 3 is 2.63 bits per heavy atom. The molecule has 0 atom stereocenters. The van der Waals surface area contributed by atoms with E-state index >= 15 is 0 Å². The van der Waals surface area contributed by atoms with Crippen LogP contribution in [0.25, 0.3) is 21.3 Å². The van der Waals surface area contributed by atoms with Crippen molar-refractivity contribution >= 4 is 39.3 Å². The third-order valence-corrected chi connectivity index (χ3v) is 6.25. The molecule has 0 radical (unpaired) electrons. The third kappa shape index (κ3) is 3.70. The van der Waals surface area contributed by atoms with E-state index in [1.807, 2.05) is 36.6 Å². The molecule has 5 nitrogen and oxygen atoms in total. The van der Waals surface area contributed by atoms with E-state index in [1.165, 1.54) is 15.9 Å². The van der Waals surface area contributed by atoms with Crippen LogP contribution in [0.3, 0.4) is 0 Å². The van der Waals surface area contributed by atoms with Gasteiger partial charge in [0.1, 0.15) is 9.58 Å². The number of carbonyl (C=O) groups is 1. The highest BCUT2D eigenvalue weighted by Gasteiger charge is 2.31. The predicted molar refractivity (Wildman–Crippen MR) is 112 cm³/mol. The van der Waals surface area contributed by atoms with Gasteiger partial charge in [-0.2, -0.15) is 0 Å².